The second kappa shape index (κ2) is 8.08. The molecule has 2 N–H and O–H groups in total. The number of rotatable bonds is 7. The first-order valence-electron chi connectivity index (χ1n) is 7.24. The number of halogens is 2. The molecule has 20 heavy (non-hydrogen) atoms. The Balaban J connectivity index is 1.87. The van der Waals surface area contributed by atoms with Gasteiger partial charge in [0.15, 0.2) is 0 Å². The summed E-state index contributed by atoms with van der Waals surface area (Å²) in [4.78, 5) is 2.48. The number of ether oxygens (including phenoxy) is 1. The Morgan fingerprint density at radius 2 is 1.95 bits per heavy atom. The molecule has 3 nitrogen and oxygen atoms in total. The summed E-state index contributed by atoms with van der Waals surface area (Å²) in [7, 11) is 0. The fourth-order valence-corrected chi connectivity index (χ4v) is 3.18. The predicted molar refractivity (Wildman–Crippen MR) is 85.0 cm³/mol. The molecule has 0 atom stereocenters. The Labute approximate surface area is 131 Å². The van der Waals surface area contributed by atoms with E-state index in [9.17, 15) is 0 Å². The molecule has 1 aliphatic heterocycles. The standard InChI is InChI=1S/C15H22Cl2N2O/c16-13-10-12(4-5-18)15(14(17)11-13)20-9-3-8-19-6-1-2-7-19/h10-11H,1-9,18H2. The molecule has 1 saturated heterocycles. The molecule has 5 heteroatoms. The Morgan fingerprint density at radius 1 is 1.20 bits per heavy atom. The summed E-state index contributed by atoms with van der Waals surface area (Å²) in [5, 5.41) is 1.20. The number of benzene rings is 1. The lowest BCUT2D eigenvalue weighted by Crippen LogP contribution is -2.22. The molecule has 2 rings (SSSR count). The normalized spacial score (nSPS) is 15.8. The van der Waals surface area contributed by atoms with Crippen LogP contribution in [0, 0.1) is 0 Å². The third kappa shape index (κ3) is 4.52. The van der Waals surface area contributed by atoms with Gasteiger partial charge in [-0.3, -0.25) is 0 Å². The van der Waals surface area contributed by atoms with Crippen LogP contribution in [0.2, 0.25) is 10.0 Å². The van der Waals surface area contributed by atoms with E-state index in [-0.39, 0.29) is 0 Å². The summed E-state index contributed by atoms with van der Waals surface area (Å²) < 4.78 is 5.86. The summed E-state index contributed by atoms with van der Waals surface area (Å²) in [5.41, 5.74) is 6.61. The van der Waals surface area contributed by atoms with E-state index in [4.69, 9.17) is 33.7 Å². The maximum absolute atomic E-state index is 6.22. The molecule has 0 radical (unpaired) electrons. The van der Waals surface area contributed by atoms with Crippen molar-refractivity contribution in [2.75, 3.05) is 32.8 Å². The molecule has 1 aromatic carbocycles. The Bertz CT molecular complexity index is 434. The van der Waals surface area contributed by atoms with E-state index in [0.29, 0.717) is 23.2 Å². The molecule has 0 unspecified atom stereocenters. The molecule has 0 aromatic heterocycles. The molecule has 0 bridgehead atoms. The number of likely N-dealkylation sites (tertiary alicyclic amines) is 1. The van der Waals surface area contributed by atoms with Crippen LogP contribution in [0.4, 0.5) is 0 Å². The van der Waals surface area contributed by atoms with Crippen LogP contribution in [-0.4, -0.2) is 37.7 Å². The summed E-state index contributed by atoms with van der Waals surface area (Å²) >= 11 is 12.2. The third-order valence-corrected chi connectivity index (χ3v) is 4.06. The first-order valence-corrected chi connectivity index (χ1v) is 7.99. The van der Waals surface area contributed by atoms with Gasteiger partial charge in [0.25, 0.3) is 0 Å². The largest absolute Gasteiger partial charge is 0.492 e. The van der Waals surface area contributed by atoms with Gasteiger partial charge in [-0.1, -0.05) is 23.2 Å². The van der Waals surface area contributed by atoms with Gasteiger partial charge < -0.3 is 15.4 Å². The van der Waals surface area contributed by atoms with E-state index in [1.54, 1.807) is 6.07 Å². The van der Waals surface area contributed by atoms with E-state index >= 15 is 0 Å². The number of nitrogens with two attached hydrogens (primary N) is 1. The lowest BCUT2D eigenvalue weighted by Gasteiger charge is -2.16. The summed E-state index contributed by atoms with van der Waals surface area (Å²) in [6.07, 6.45) is 4.39. The minimum absolute atomic E-state index is 0.556. The van der Waals surface area contributed by atoms with Crippen LogP contribution in [0.5, 0.6) is 5.75 Å². The first kappa shape index (κ1) is 15.9. The van der Waals surface area contributed by atoms with Crippen LogP contribution in [0.15, 0.2) is 12.1 Å². The van der Waals surface area contributed by atoms with Gasteiger partial charge in [-0.2, -0.15) is 0 Å². The molecular formula is C15H22Cl2N2O. The van der Waals surface area contributed by atoms with Gasteiger partial charge in [-0.05, 0) is 63.0 Å². The van der Waals surface area contributed by atoms with Crippen molar-refractivity contribution in [2.24, 2.45) is 5.73 Å². The van der Waals surface area contributed by atoms with Crippen molar-refractivity contribution in [3.63, 3.8) is 0 Å². The molecule has 0 spiro atoms. The van der Waals surface area contributed by atoms with E-state index in [2.05, 4.69) is 4.90 Å². The van der Waals surface area contributed by atoms with Gasteiger partial charge in [-0.25, -0.2) is 0 Å². The molecule has 0 saturated carbocycles. The highest BCUT2D eigenvalue weighted by atomic mass is 35.5. The summed E-state index contributed by atoms with van der Waals surface area (Å²) in [6, 6.07) is 3.61. The van der Waals surface area contributed by atoms with Crippen LogP contribution < -0.4 is 10.5 Å². The average Bonchev–Trinajstić information content (AvgIpc) is 2.90. The van der Waals surface area contributed by atoms with Crippen molar-refractivity contribution in [2.45, 2.75) is 25.7 Å². The topological polar surface area (TPSA) is 38.5 Å². The average molecular weight is 317 g/mol. The summed E-state index contributed by atoms with van der Waals surface area (Å²) in [5.74, 6) is 0.739. The first-order chi connectivity index (χ1) is 9.70. The SMILES string of the molecule is NCCc1cc(Cl)cc(Cl)c1OCCCN1CCCC1. The smallest absolute Gasteiger partial charge is 0.141 e. The van der Waals surface area contributed by atoms with Crippen molar-refractivity contribution in [1.29, 1.82) is 0 Å². The Hall–Kier alpha value is -0.480. The van der Waals surface area contributed by atoms with Crippen LogP contribution in [0.25, 0.3) is 0 Å². The van der Waals surface area contributed by atoms with Gasteiger partial charge in [0.05, 0.1) is 11.6 Å². The molecule has 1 fully saturated rings. The minimum Gasteiger partial charge on any atom is -0.492 e. The highest BCUT2D eigenvalue weighted by Crippen LogP contribution is 2.32. The highest BCUT2D eigenvalue weighted by Gasteiger charge is 2.12. The number of hydrogen-bond donors (Lipinski definition) is 1. The van der Waals surface area contributed by atoms with Crippen molar-refractivity contribution in [3.05, 3.63) is 27.7 Å². The molecule has 0 aliphatic carbocycles. The Morgan fingerprint density at radius 3 is 2.65 bits per heavy atom. The van der Waals surface area contributed by atoms with E-state index in [1.165, 1.54) is 25.9 Å². The quantitative estimate of drug-likeness (QED) is 0.784. The second-order valence-electron chi connectivity index (χ2n) is 5.17. The molecule has 1 heterocycles. The third-order valence-electron chi connectivity index (χ3n) is 3.56. The fraction of sp³-hybridized carbons (Fsp3) is 0.600. The maximum atomic E-state index is 6.22. The highest BCUT2D eigenvalue weighted by molar-refractivity contribution is 6.35. The minimum atomic E-state index is 0.556. The number of nitrogens with zero attached hydrogens (tertiary/aromatic N) is 1. The van der Waals surface area contributed by atoms with Crippen LogP contribution in [-0.2, 0) is 6.42 Å². The Kier molecular flexibility index (Phi) is 6.43. The molecule has 0 amide bonds. The molecular weight excluding hydrogens is 295 g/mol. The zero-order valence-electron chi connectivity index (χ0n) is 11.7. The van der Waals surface area contributed by atoms with Crippen molar-refractivity contribution < 1.29 is 4.74 Å². The molecule has 1 aromatic rings. The van der Waals surface area contributed by atoms with Gasteiger partial charge >= 0.3 is 0 Å². The fourth-order valence-electron chi connectivity index (χ4n) is 2.59. The van der Waals surface area contributed by atoms with Crippen molar-refractivity contribution >= 4 is 23.2 Å². The summed E-state index contributed by atoms with van der Waals surface area (Å²) in [6.45, 7) is 4.77. The van der Waals surface area contributed by atoms with Gasteiger partial charge in [0.2, 0.25) is 0 Å². The van der Waals surface area contributed by atoms with E-state index in [0.717, 1.165) is 30.7 Å². The van der Waals surface area contributed by atoms with Crippen LogP contribution in [0.1, 0.15) is 24.8 Å². The maximum Gasteiger partial charge on any atom is 0.141 e. The van der Waals surface area contributed by atoms with E-state index in [1.807, 2.05) is 6.07 Å². The predicted octanol–water partition coefficient (Wildman–Crippen LogP) is 3.36. The lowest BCUT2D eigenvalue weighted by molar-refractivity contribution is 0.262. The van der Waals surface area contributed by atoms with Crippen LogP contribution in [0.3, 0.4) is 0 Å². The van der Waals surface area contributed by atoms with Gasteiger partial charge in [-0.15, -0.1) is 0 Å². The van der Waals surface area contributed by atoms with Gasteiger partial charge in [0, 0.05) is 11.6 Å². The molecule has 1 aliphatic rings. The zero-order chi connectivity index (χ0) is 14.4. The lowest BCUT2D eigenvalue weighted by atomic mass is 10.1. The van der Waals surface area contributed by atoms with Gasteiger partial charge in [0.1, 0.15) is 5.75 Å². The van der Waals surface area contributed by atoms with Crippen molar-refractivity contribution in [1.82, 2.24) is 4.90 Å². The second-order valence-corrected chi connectivity index (χ2v) is 6.01. The molecule has 112 valence electrons. The van der Waals surface area contributed by atoms with E-state index < -0.39 is 0 Å². The number of hydrogen-bond acceptors (Lipinski definition) is 3. The monoisotopic (exact) mass is 316 g/mol. The zero-order valence-corrected chi connectivity index (χ0v) is 13.2. The van der Waals surface area contributed by atoms with Crippen LogP contribution >= 0.6 is 23.2 Å². The van der Waals surface area contributed by atoms with Crippen molar-refractivity contribution in [3.8, 4) is 5.75 Å².